The average Bonchev–Trinajstić information content (AvgIpc) is 2.85. The highest BCUT2D eigenvalue weighted by atomic mass is 16.2. The summed E-state index contributed by atoms with van der Waals surface area (Å²) in [6, 6.07) is 0.347. The third-order valence-corrected chi connectivity index (χ3v) is 7.94. The van der Waals surface area contributed by atoms with Crippen LogP contribution in [-0.4, -0.2) is 17.9 Å². The molecule has 3 aliphatic carbocycles. The van der Waals surface area contributed by atoms with E-state index in [0.717, 1.165) is 37.7 Å². The number of piperidine rings is 1. The van der Waals surface area contributed by atoms with E-state index in [4.69, 9.17) is 5.73 Å². The second kappa shape index (κ2) is 4.84. The lowest BCUT2D eigenvalue weighted by Gasteiger charge is -2.59. The number of carbonyl (C=O) groups is 2. The van der Waals surface area contributed by atoms with Crippen molar-refractivity contribution in [2.75, 3.05) is 0 Å². The van der Waals surface area contributed by atoms with Crippen LogP contribution < -0.4 is 11.1 Å². The lowest BCUT2D eigenvalue weighted by molar-refractivity contribution is -0.135. The first-order valence-electron chi connectivity index (χ1n) is 9.16. The minimum Gasteiger partial charge on any atom is -0.366 e. The molecular weight excluding hydrogens is 288 g/mol. The molecule has 3 fully saturated rings. The van der Waals surface area contributed by atoms with Crippen molar-refractivity contribution >= 4 is 11.8 Å². The lowest BCUT2D eigenvalue weighted by Crippen LogP contribution is -2.61. The summed E-state index contributed by atoms with van der Waals surface area (Å²) >= 11 is 0. The highest BCUT2D eigenvalue weighted by Gasteiger charge is 2.59. The number of allylic oxidation sites excluding steroid dienone is 1. The van der Waals surface area contributed by atoms with Crippen LogP contribution in [0.25, 0.3) is 0 Å². The normalized spacial score (nSPS) is 48.6. The molecule has 0 aromatic heterocycles. The van der Waals surface area contributed by atoms with Crippen molar-refractivity contribution < 1.29 is 9.59 Å². The van der Waals surface area contributed by atoms with Crippen LogP contribution in [0.3, 0.4) is 0 Å². The molecule has 0 radical (unpaired) electrons. The topological polar surface area (TPSA) is 72.2 Å². The SMILES string of the molecule is C[C@]12CCC(=O)N[C@@H]1CC[C@@H]1[C@@H]2CC[C@]2(C)C(C(N)=O)=CC[C@@H]12. The molecule has 4 heteroatoms. The first kappa shape index (κ1) is 15.2. The smallest absolute Gasteiger partial charge is 0.244 e. The van der Waals surface area contributed by atoms with E-state index in [1.165, 1.54) is 6.42 Å². The molecule has 2 amide bonds. The first-order chi connectivity index (χ1) is 10.9. The van der Waals surface area contributed by atoms with Gasteiger partial charge in [-0.15, -0.1) is 0 Å². The van der Waals surface area contributed by atoms with Crippen molar-refractivity contribution in [3.8, 4) is 0 Å². The molecule has 4 nitrogen and oxygen atoms in total. The summed E-state index contributed by atoms with van der Waals surface area (Å²) in [5.41, 5.74) is 6.74. The molecule has 4 rings (SSSR count). The van der Waals surface area contributed by atoms with Crippen molar-refractivity contribution in [2.24, 2.45) is 34.3 Å². The number of nitrogens with one attached hydrogen (secondary N) is 1. The monoisotopic (exact) mass is 316 g/mol. The van der Waals surface area contributed by atoms with Crippen LogP contribution in [0.5, 0.6) is 0 Å². The summed E-state index contributed by atoms with van der Waals surface area (Å²) in [4.78, 5) is 23.7. The fourth-order valence-corrected chi connectivity index (χ4v) is 6.65. The van der Waals surface area contributed by atoms with Crippen LogP contribution in [0.15, 0.2) is 11.6 Å². The van der Waals surface area contributed by atoms with Crippen molar-refractivity contribution in [2.45, 2.75) is 64.8 Å². The van der Waals surface area contributed by atoms with Gasteiger partial charge in [-0.1, -0.05) is 19.9 Å². The first-order valence-corrected chi connectivity index (χ1v) is 9.16. The summed E-state index contributed by atoms with van der Waals surface area (Å²) in [7, 11) is 0. The van der Waals surface area contributed by atoms with Gasteiger partial charge in [0.05, 0.1) is 0 Å². The number of rotatable bonds is 1. The van der Waals surface area contributed by atoms with E-state index < -0.39 is 0 Å². The quantitative estimate of drug-likeness (QED) is 0.780. The third kappa shape index (κ3) is 1.96. The molecule has 2 saturated carbocycles. The van der Waals surface area contributed by atoms with E-state index >= 15 is 0 Å². The zero-order valence-electron chi connectivity index (χ0n) is 14.2. The van der Waals surface area contributed by atoms with Gasteiger partial charge in [-0.25, -0.2) is 0 Å². The Hall–Kier alpha value is -1.32. The van der Waals surface area contributed by atoms with E-state index in [9.17, 15) is 9.59 Å². The zero-order valence-corrected chi connectivity index (χ0v) is 14.2. The van der Waals surface area contributed by atoms with Crippen LogP contribution in [0.1, 0.15) is 58.8 Å². The Morgan fingerprint density at radius 2 is 2.00 bits per heavy atom. The predicted octanol–water partition coefficient (Wildman–Crippen LogP) is 2.53. The van der Waals surface area contributed by atoms with E-state index in [0.29, 0.717) is 30.2 Å². The highest BCUT2D eigenvalue weighted by Crippen LogP contribution is 2.63. The van der Waals surface area contributed by atoms with Crippen LogP contribution in [-0.2, 0) is 9.59 Å². The van der Waals surface area contributed by atoms with Gasteiger partial charge in [0.25, 0.3) is 0 Å². The standard InChI is InChI=1S/C19H28N2O2/c1-18-9-7-13-11(12(18)4-5-14(18)17(20)23)3-6-15-19(13,2)10-8-16(22)21-15/h5,11-13,15H,3-4,6-10H2,1-2H3,(H2,20,23)(H,21,22)/t11-,12-,13-,15+,18-,19+/m0/s1. The minimum absolute atomic E-state index is 0.0197. The highest BCUT2D eigenvalue weighted by molar-refractivity contribution is 5.94. The molecule has 6 atom stereocenters. The second-order valence-electron chi connectivity index (χ2n) is 8.75. The van der Waals surface area contributed by atoms with Gasteiger partial charge in [0.2, 0.25) is 11.8 Å². The second-order valence-corrected chi connectivity index (χ2v) is 8.75. The fraction of sp³-hybridized carbons (Fsp3) is 0.789. The van der Waals surface area contributed by atoms with E-state index in [1.807, 2.05) is 0 Å². The Morgan fingerprint density at radius 1 is 1.22 bits per heavy atom. The van der Waals surface area contributed by atoms with Crippen molar-refractivity contribution in [1.82, 2.24) is 5.32 Å². The number of carbonyl (C=O) groups excluding carboxylic acids is 2. The Kier molecular flexibility index (Phi) is 3.20. The number of hydrogen-bond acceptors (Lipinski definition) is 2. The van der Waals surface area contributed by atoms with E-state index in [1.54, 1.807) is 0 Å². The van der Waals surface area contributed by atoms with Crippen LogP contribution in [0.2, 0.25) is 0 Å². The van der Waals surface area contributed by atoms with Crippen LogP contribution >= 0.6 is 0 Å². The van der Waals surface area contributed by atoms with Crippen molar-refractivity contribution in [3.63, 3.8) is 0 Å². The van der Waals surface area contributed by atoms with Crippen molar-refractivity contribution in [1.29, 1.82) is 0 Å². The number of fused-ring (bicyclic) bond motifs is 5. The van der Waals surface area contributed by atoms with Crippen LogP contribution in [0, 0.1) is 28.6 Å². The molecule has 1 heterocycles. The molecule has 1 saturated heterocycles. The van der Waals surface area contributed by atoms with Gasteiger partial charge in [0.1, 0.15) is 0 Å². The number of amides is 2. The zero-order chi connectivity index (χ0) is 16.4. The Morgan fingerprint density at radius 3 is 2.74 bits per heavy atom. The maximum absolute atomic E-state index is 11.9. The molecule has 0 aromatic carbocycles. The van der Waals surface area contributed by atoms with Crippen molar-refractivity contribution in [3.05, 3.63) is 11.6 Å². The number of primary amides is 1. The van der Waals surface area contributed by atoms with Gasteiger partial charge < -0.3 is 11.1 Å². The maximum atomic E-state index is 11.9. The number of hydrogen-bond donors (Lipinski definition) is 2. The molecule has 0 spiro atoms. The molecule has 126 valence electrons. The summed E-state index contributed by atoms with van der Waals surface area (Å²) in [6.07, 6.45) is 9.28. The lowest BCUT2D eigenvalue weighted by atomic mass is 9.47. The van der Waals surface area contributed by atoms with Crippen LogP contribution in [0.4, 0.5) is 0 Å². The van der Waals surface area contributed by atoms with Gasteiger partial charge >= 0.3 is 0 Å². The van der Waals surface area contributed by atoms with Gasteiger partial charge in [0.15, 0.2) is 0 Å². The molecule has 0 aromatic rings. The molecule has 4 aliphatic rings. The third-order valence-electron chi connectivity index (χ3n) is 7.94. The van der Waals surface area contributed by atoms with Gasteiger partial charge in [0, 0.05) is 23.5 Å². The molecule has 1 aliphatic heterocycles. The molecular formula is C19H28N2O2. The number of nitrogens with two attached hydrogens (primary N) is 1. The maximum Gasteiger partial charge on any atom is 0.244 e. The summed E-state index contributed by atoms with van der Waals surface area (Å²) in [5.74, 6) is 1.89. The molecule has 23 heavy (non-hydrogen) atoms. The summed E-state index contributed by atoms with van der Waals surface area (Å²) < 4.78 is 0. The Bertz CT molecular complexity index is 598. The Labute approximate surface area is 138 Å². The van der Waals surface area contributed by atoms with E-state index in [2.05, 4.69) is 25.2 Å². The largest absolute Gasteiger partial charge is 0.366 e. The molecule has 3 N–H and O–H groups in total. The average molecular weight is 316 g/mol. The summed E-state index contributed by atoms with van der Waals surface area (Å²) in [5, 5.41) is 3.26. The van der Waals surface area contributed by atoms with Gasteiger partial charge in [-0.05, 0) is 61.7 Å². The summed E-state index contributed by atoms with van der Waals surface area (Å²) in [6.45, 7) is 4.66. The van der Waals surface area contributed by atoms with Gasteiger partial charge in [-0.3, -0.25) is 9.59 Å². The van der Waals surface area contributed by atoms with Gasteiger partial charge in [-0.2, -0.15) is 0 Å². The fourth-order valence-electron chi connectivity index (χ4n) is 6.65. The molecule has 0 unspecified atom stereocenters. The predicted molar refractivity (Wildman–Crippen MR) is 88.2 cm³/mol. The minimum atomic E-state index is -0.224. The molecule has 0 bridgehead atoms. The Balaban J connectivity index is 1.63. The van der Waals surface area contributed by atoms with E-state index in [-0.39, 0.29) is 22.6 Å².